The van der Waals surface area contributed by atoms with E-state index >= 15 is 0 Å². The predicted octanol–water partition coefficient (Wildman–Crippen LogP) is 4.42. The van der Waals surface area contributed by atoms with Gasteiger partial charge in [0, 0.05) is 49.7 Å². The molecule has 10 heteroatoms. The van der Waals surface area contributed by atoms with Gasteiger partial charge in [0.05, 0.1) is 29.1 Å². The molecule has 4 aromatic rings. The lowest BCUT2D eigenvalue weighted by Crippen LogP contribution is -2.40. The number of likely N-dealkylation sites (tertiary alicyclic amines) is 1. The number of hydrogen-bond donors (Lipinski definition) is 0. The van der Waals surface area contributed by atoms with Crippen LogP contribution in [0.3, 0.4) is 0 Å². The van der Waals surface area contributed by atoms with Gasteiger partial charge in [-0.15, -0.1) is 0 Å². The van der Waals surface area contributed by atoms with Crippen molar-refractivity contribution in [1.82, 2.24) is 24.6 Å². The Morgan fingerprint density at radius 2 is 1.92 bits per heavy atom. The first-order valence-electron chi connectivity index (χ1n) is 12.9. The monoisotopic (exact) mass is 523 g/mol. The summed E-state index contributed by atoms with van der Waals surface area (Å²) in [4.78, 5) is 39.8. The second-order valence-corrected chi connectivity index (χ2v) is 10.8. The largest absolute Gasteiger partial charge is 0.444 e. The maximum atomic E-state index is 12.8. The lowest BCUT2D eigenvalue weighted by Gasteiger charge is -2.28. The van der Waals surface area contributed by atoms with Crippen LogP contribution in [0.2, 0.25) is 0 Å². The summed E-state index contributed by atoms with van der Waals surface area (Å²) in [5.74, 6) is 3.28. The number of carbonyl (C=O) groups excluding carboxylic acids is 2. The number of carbonyl (C=O) groups is 1. The molecule has 2 aliphatic rings. The average molecular weight is 524 g/mol. The van der Waals surface area contributed by atoms with Gasteiger partial charge in [-0.05, 0) is 63.1 Å². The van der Waals surface area contributed by atoms with Crippen molar-refractivity contribution in [3.8, 4) is 16.9 Å². The lowest BCUT2D eigenvalue weighted by atomic mass is 10.0. The zero-order valence-corrected chi connectivity index (χ0v) is 22.3. The molecule has 0 saturated carbocycles. The summed E-state index contributed by atoms with van der Waals surface area (Å²) >= 11 is 0. The SMILES string of the molecule is CN1C(=C=O)N([C@H]2CCN(C(=O)OC(C)(C)C)C2)c2c1cnc1ccc(-c3ccc(-n4cccn4)nc3)cc21. The summed E-state index contributed by atoms with van der Waals surface area (Å²) in [6.07, 6.45) is 7.53. The van der Waals surface area contributed by atoms with Crippen molar-refractivity contribution in [2.75, 3.05) is 29.9 Å². The van der Waals surface area contributed by atoms with Crippen LogP contribution in [0.1, 0.15) is 27.2 Å². The van der Waals surface area contributed by atoms with Crippen molar-refractivity contribution in [3.63, 3.8) is 0 Å². The van der Waals surface area contributed by atoms with Crippen LogP contribution in [-0.2, 0) is 9.53 Å². The molecule has 1 amide bonds. The van der Waals surface area contributed by atoms with Gasteiger partial charge in [-0.2, -0.15) is 5.10 Å². The van der Waals surface area contributed by atoms with E-state index in [1.807, 2.05) is 80.3 Å². The van der Waals surface area contributed by atoms with Crippen molar-refractivity contribution in [2.45, 2.75) is 38.8 Å². The summed E-state index contributed by atoms with van der Waals surface area (Å²) < 4.78 is 7.31. The van der Waals surface area contributed by atoms with Crippen LogP contribution in [0.4, 0.5) is 16.2 Å². The Balaban J connectivity index is 1.38. The van der Waals surface area contributed by atoms with Gasteiger partial charge in [0.15, 0.2) is 11.8 Å². The van der Waals surface area contributed by atoms with Crippen LogP contribution in [0.25, 0.3) is 27.8 Å². The number of aromatic nitrogens is 4. The van der Waals surface area contributed by atoms with E-state index in [1.165, 1.54) is 0 Å². The topological polar surface area (TPSA) is 96.7 Å². The molecule has 5 heterocycles. The number of pyridine rings is 2. The third kappa shape index (κ3) is 4.38. The Labute approximate surface area is 226 Å². The fraction of sp³-hybridized carbons (Fsp3) is 0.310. The highest BCUT2D eigenvalue weighted by Crippen LogP contribution is 2.47. The van der Waals surface area contributed by atoms with Gasteiger partial charge >= 0.3 is 6.09 Å². The zero-order valence-electron chi connectivity index (χ0n) is 22.3. The summed E-state index contributed by atoms with van der Waals surface area (Å²) in [6, 6.07) is 11.8. The van der Waals surface area contributed by atoms with Gasteiger partial charge in [-0.1, -0.05) is 6.07 Å². The number of rotatable bonds is 3. The summed E-state index contributed by atoms with van der Waals surface area (Å²) in [7, 11) is 1.84. The Hall–Kier alpha value is -4.69. The van der Waals surface area contributed by atoms with E-state index in [0.717, 1.165) is 39.2 Å². The lowest BCUT2D eigenvalue weighted by molar-refractivity contribution is 0.0292. The summed E-state index contributed by atoms with van der Waals surface area (Å²) in [5, 5.41) is 5.15. The zero-order chi connectivity index (χ0) is 27.3. The van der Waals surface area contributed by atoms with Crippen LogP contribution >= 0.6 is 0 Å². The first-order chi connectivity index (χ1) is 18.7. The van der Waals surface area contributed by atoms with Gasteiger partial charge in [0.2, 0.25) is 5.82 Å². The fourth-order valence-corrected chi connectivity index (χ4v) is 5.24. The second kappa shape index (κ2) is 9.25. The maximum Gasteiger partial charge on any atom is 0.410 e. The summed E-state index contributed by atoms with van der Waals surface area (Å²) in [6.45, 7) is 6.55. The molecule has 1 fully saturated rings. The molecule has 198 valence electrons. The molecule has 1 aromatic carbocycles. The molecule has 6 rings (SSSR count). The van der Waals surface area contributed by atoms with Crippen LogP contribution in [-0.4, -0.2) is 68.5 Å². The van der Waals surface area contributed by atoms with E-state index in [0.29, 0.717) is 25.3 Å². The quantitative estimate of drug-likeness (QED) is 0.364. The van der Waals surface area contributed by atoms with Gasteiger partial charge in [0.1, 0.15) is 5.60 Å². The maximum absolute atomic E-state index is 12.8. The average Bonchev–Trinajstić information content (AvgIpc) is 3.67. The number of nitrogens with zero attached hydrogens (tertiary/aromatic N) is 7. The molecule has 0 N–H and O–H groups in total. The van der Waals surface area contributed by atoms with Crippen molar-refractivity contribution >= 4 is 34.3 Å². The minimum Gasteiger partial charge on any atom is -0.444 e. The highest BCUT2D eigenvalue weighted by molar-refractivity contribution is 6.05. The highest BCUT2D eigenvalue weighted by atomic mass is 16.6. The van der Waals surface area contributed by atoms with E-state index in [9.17, 15) is 9.59 Å². The van der Waals surface area contributed by atoms with Gasteiger partial charge in [0.25, 0.3) is 0 Å². The van der Waals surface area contributed by atoms with Gasteiger partial charge in [-0.25, -0.2) is 19.3 Å². The Kier molecular flexibility index (Phi) is 5.84. The molecule has 0 bridgehead atoms. The van der Waals surface area contributed by atoms with Crippen molar-refractivity contribution in [2.24, 2.45) is 0 Å². The standard InChI is InChI=1S/C29H29N7O3/c1-29(2,3)39-28(38)34-13-10-21(17-34)36-26(18-37)33(4)24-16-30-23-8-6-19(14-22(23)27(24)36)20-7-9-25(31-15-20)35-12-5-11-32-35/h5-9,11-12,14-16,21H,10,13,17H2,1-4H3/t21-/m0/s1. The van der Waals surface area contributed by atoms with E-state index in [4.69, 9.17) is 4.74 Å². The normalized spacial score (nSPS) is 17.1. The smallest absolute Gasteiger partial charge is 0.410 e. The molecule has 39 heavy (non-hydrogen) atoms. The predicted molar refractivity (Wildman–Crippen MR) is 148 cm³/mol. The molecule has 3 aromatic heterocycles. The van der Waals surface area contributed by atoms with Crippen LogP contribution < -0.4 is 9.80 Å². The van der Waals surface area contributed by atoms with Gasteiger partial charge < -0.3 is 19.4 Å². The van der Waals surface area contributed by atoms with Crippen LogP contribution in [0.5, 0.6) is 0 Å². The number of hydrogen-bond acceptors (Lipinski definition) is 8. The Morgan fingerprint density at radius 3 is 2.62 bits per heavy atom. The summed E-state index contributed by atoms with van der Waals surface area (Å²) in [5.41, 5.74) is 3.87. The minimum atomic E-state index is -0.576. The molecular weight excluding hydrogens is 494 g/mol. The Bertz CT molecular complexity index is 1600. The second-order valence-electron chi connectivity index (χ2n) is 10.8. The van der Waals surface area contributed by atoms with E-state index < -0.39 is 5.60 Å². The highest BCUT2D eigenvalue weighted by Gasteiger charge is 2.41. The third-order valence-electron chi connectivity index (χ3n) is 7.06. The van der Waals surface area contributed by atoms with E-state index in [2.05, 4.69) is 27.1 Å². The molecule has 0 radical (unpaired) electrons. The number of ether oxygens (including phenoxy) is 1. The first kappa shape index (κ1) is 24.6. The molecule has 1 atom stereocenters. The fourth-order valence-electron chi connectivity index (χ4n) is 5.24. The van der Waals surface area contributed by atoms with E-state index in [-0.39, 0.29) is 12.1 Å². The number of fused-ring (bicyclic) bond motifs is 3. The number of amides is 1. The molecule has 10 nitrogen and oxygen atoms in total. The Morgan fingerprint density at radius 1 is 1.10 bits per heavy atom. The van der Waals surface area contributed by atoms with Gasteiger partial charge in [-0.3, -0.25) is 4.98 Å². The first-order valence-corrected chi connectivity index (χ1v) is 12.9. The van der Waals surface area contributed by atoms with Crippen molar-refractivity contribution < 1.29 is 14.3 Å². The number of benzene rings is 1. The number of anilines is 2. The van der Waals surface area contributed by atoms with Crippen LogP contribution in [0.15, 0.2) is 67.0 Å². The molecule has 0 aliphatic carbocycles. The molecule has 0 unspecified atom stereocenters. The van der Waals surface area contributed by atoms with Crippen molar-refractivity contribution in [3.05, 3.63) is 67.0 Å². The van der Waals surface area contributed by atoms with Crippen molar-refractivity contribution in [1.29, 1.82) is 0 Å². The molecule has 2 aliphatic heterocycles. The van der Waals surface area contributed by atoms with Crippen LogP contribution in [0, 0.1) is 0 Å². The molecule has 1 saturated heterocycles. The minimum absolute atomic E-state index is 0.109. The third-order valence-corrected chi connectivity index (χ3v) is 7.06. The molecular formula is C29H29N7O3. The van der Waals surface area contributed by atoms with E-state index in [1.54, 1.807) is 22.0 Å². The molecule has 0 spiro atoms.